The molecule has 4 rings (SSSR count). The van der Waals surface area contributed by atoms with Gasteiger partial charge in [-0.2, -0.15) is 4.98 Å². The first kappa shape index (κ1) is 43.1. The number of pyridine rings is 1. The van der Waals surface area contributed by atoms with Crippen LogP contribution in [0.25, 0.3) is 22.4 Å². The number of rotatable bonds is 20. The molecule has 298 valence electrons. The SMILES string of the molecule is C=C(N[C@H](C(=O)N[C@@H](C)C(=O)N[C@@H](CCCCN)C(=O)N[C@@H](C)C(=O)c1nc2ncccc2o1)[C@@H](C)O)[C@H](CN)NC(=O)c1ccc(-c2ccc(Cl)cc2)cc1. The van der Waals surface area contributed by atoms with Crippen molar-refractivity contribution in [2.24, 2.45) is 11.5 Å². The number of aliphatic hydroxyl groups is 1. The Morgan fingerprint density at radius 1 is 0.804 bits per heavy atom. The van der Waals surface area contributed by atoms with Crippen molar-refractivity contribution in [2.75, 3.05) is 13.1 Å². The fourth-order valence-corrected chi connectivity index (χ4v) is 5.68. The van der Waals surface area contributed by atoms with E-state index in [-0.39, 0.29) is 30.2 Å². The van der Waals surface area contributed by atoms with Crippen molar-refractivity contribution in [3.05, 3.63) is 95.6 Å². The van der Waals surface area contributed by atoms with Crippen molar-refractivity contribution >= 4 is 52.2 Å². The average Bonchev–Trinajstić information content (AvgIpc) is 3.62. The summed E-state index contributed by atoms with van der Waals surface area (Å²) in [6, 6.07) is 12.0. The number of benzene rings is 2. The molecule has 4 aromatic rings. The normalized spacial score (nSPS) is 14.3. The van der Waals surface area contributed by atoms with Gasteiger partial charge in [-0.05, 0) is 94.1 Å². The Morgan fingerprint density at radius 2 is 1.45 bits per heavy atom. The van der Waals surface area contributed by atoms with Gasteiger partial charge >= 0.3 is 0 Å². The fraction of sp³-hybridized carbons (Fsp3) is 0.359. The van der Waals surface area contributed by atoms with Crippen LogP contribution in [0.4, 0.5) is 0 Å². The maximum Gasteiger partial charge on any atom is 0.268 e. The van der Waals surface area contributed by atoms with Crippen LogP contribution in [0, 0.1) is 0 Å². The zero-order chi connectivity index (χ0) is 40.9. The summed E-state index contributed by atoms with van der Waals surface area (Å²) in [5.41, 5.74) is 14.5. The van der Waals surface area contributed by atoms with Crippen molar-refractivity contribution < 1.29 is 33.5 Å². The van der Waals surface area contributed by atoms with E-state index in [0.717, 1.165) is 11.1 Å². The third kappa shape index (κ3) is 11.7. The lowest BCUT2D eigenvalue weighted by atomic mass is 10.0. The molecule has 0 aliphatic carbocycles. The quantitative estimate of drug-likeness (QED) is 0.0473. The number of nitrogens with zero attached hydrogens (tertiary/aromatic N) is 2. The van der Waals surface area contributed by atoms with Crippen LogP contribution in [0.1, 0.15) is 61.1 Å². The third-order valence-corrected chi connectivity index (χ3v) is 9.10. The number of nitrogens with two attached hydrogens (primary N) is 2. The molecule has 6 atom stereocenters. The first-order valence-corrected chi connectivity index (χ1v) is 18.5. The maximum atomic E-state index is 13.4. The molecular formula is C39H48ClN9O7. The molecule has 0 saturated heterocycles. The van der Waals surface area contributed by atoms with Gasteiger partial charge in [-0.3, -0.25) is 24.0 Å². The second-order valence-corrected chi connectivity index (χ2v) is 13.7. The van der Waals surface area contributed by atoms with Crippen LogP contribution in [0.5, 0.6) is 0 Å². The highest BCUT2D eigenvalue weighted by atomic mass is 35.5. The van der Waals surface area contributed by atoms with E-state index in [1.807, 2.05) is 12.1 Å². The molecule has 0 saturated carbocycles. The monoisotopic (exact) mass is 789 g/mol. The van der Waals surface area contributed by atoms with Crippen molar-refractivity contribution in [3.63, 3.8) is 0 Å². The highest BCUT2D eigenvalue weighted by molar-refractivity contribution is 6.30. The van der Waals surface area contributed by atoms with Crippen LogP contribution in [-0.4, -0.2) is 93.9 Å². The summed E-state index contributed by atoms with van der Waals surface area (Å²) in [6.07, 6.45) is 1.48. The van der Waals surface area contributed by atoms with Crippen molar-refractivity contribution in [1.82, 2.24) is 36.6 Å². The van der Waals surface area contributed by atoms with Crippen LogP contribution in [-0.2, 0) is 14.4 Å². The maximum absolute atomic E-state index is 13.4. The highest BCUT2D eigenvalue weighted by Gasteiger charge is 2.31. The van der Waals surface area contributed by atoms with Crippen molar-refractivity contribution in [3.8, 4) is 11.1 Å². The number of nitrogens with one attached hydrogen (secondary N) is 5. The van der Waals surface area contributed by atoms with Crippen LogP contribution in [0.15, 0.2) is 83.6 Å². The Bertz CT molecular complexity index is 1970. The van der Waals surface area contributed by atoms with Gasteiger partial charge in [-0.25, -0.2) is 4.98 Å². The number of fused-ring (bicyclic) bond motifs is 1. The molecule has 2 aromatic carbocycles. The molecule has 2 aromatic heterocycles. The number of aliphatic hydroxyl groups excluding tert-OH is 1. The van der Waals surface area contributed by atoms with E-state index in [0.29, 0.717) is 35.6 Å². The molecule has 0 aliphatic rings. The van der Waals surface area contributed by atoms with Gasteiger partial charge in [-0.1, -0.05) is 42.4 Å². The molecule has 17 heteroatoms. The van der Waals surface area contributed by atoms with E-state index >= 15 is 0 Å². The predicted molar refractivity (Wildman–Crippen MR) is 211 cm³/mol. The summed E-state index contributed by atoms with van der Waals surface area (Å²) in [7, 11) is 0. The van der Waals surface area contributed by atoms with Gasteiger partial charge in [0.15, 0.2) is 11.2 Å². The summed E-state index contributed by atoms with van der Waals surface area (Å²) in [6.45, 7) is 8.45. The lowest BCUT2D eigenvalue weighted by Gasteiger charge is -2.28. The van der Waals surface area contributed by atoms with Gasteiger partial charge in [0.25, 0.3) is 11.8 Å². The Kier molecular flexibility index (Phi) is 15.6. The second kappa shape index (κ2) is 20.3. The Morgan fingerprint density at radius 3 is 2.05 bits per heavy atom. The largest absolute Gasteiger partial charge is 0.432 e. The zero-order valence-electron chi connectivity index (χ0n) is 31.4. The number of halogens is 1. The number of Topliss-reactive ketones (excluding diaryl/α,β-unsaturated/α-hetero) is 1. The second-order valence-electron chi connectivity index (χ2n) is 13.2. The summed E-state index contributed by atoms with van der Waals surface area (Å²) in [5.74, 6) is -3.37. The molecule has 0 aliphatic heterocycles. The molecule has 4 amide bonds. The number of ketones is 1. The molecular weight excluding hydrogens is 742 g/mol. The smallest absolute Gasteiger partial charge is 0.268 e. The molecule has 2 heterocycles. The number of unbranched alkanes of at least 4 members (excludes halogenated alkanes) is 1. The minimum absolute atomic E-state index is 0.0861. The molecule has 0 fully saturated rings. The van der Waals surface area contributed by atoms with Crippen molar-refractivity contribution in [2.45, 2.75) is 76.3 Å². The van der Waals surface area contributed by atoms with Gasteiger partial charge < -0.3 is 47.6 Å². The van der Waals surface area contributed by atoms with Gasteiger partial charge in [-0.15, -0.1) is 0 Å². The lowest BCUT2D eigenvalue weighted by Crippen LogP contribution is -2.58. The molecule has 0 bridgehead atoms. The molecule has 56 heavy (non-hydrogen) atoms. The summed E-state index contributed by atoms with van der Waals surface area (Å²) >= 11 is 5.98. The van der Waals surface area contributed by atoms with E-state index in [4.69, 9.17) is 27.5 Å². The van der Waals surface area contributed by atoms with Crippen molar-refractivity contribution in [1.29, 1.82) is 0 Å². The molecule has 0 radical (unpaired) electrons. The summed E-state index contributed by atoms with van der Waals surface area (Å²) in [4.78, 5) is 74.3. The average molecular weight is 790 g/mol. The number of carbonyl (C=O) groups excluding carboxylic acids is 5. The van der Waals surface area contributed by atoms with E-state index in [1.54, 1.807) is 48.5 Å². The van der Waals surface area contributed by atoms with Crippen LogP contribution < -0.4 is 38.1 Å². The third-order valence-electron chi connectivity index (χ3n) is 8.85. The Labute approximate surface area is 329 Å². The van der Waals surface area contributed by atoms with E-state index in [1.165, 1.54) is 27.0 Å². The van der Waals surface area contributed by atoms with Crippen LogP contribution >= 0.6 is 11.6 Å². The number of amides is 4. The van der Waals surface area contributed by atoms with E-state index in [2.05, 4.69) is 43.1 Å². The van der Waals surface area contributed by atoms with Gasteiger partial charge in [0, 0.05) is 29.0 Å². The predicted octanol–water partition coefficient (Wildman–Crippen LogP) is 1.96. The van der Waals surface area contributed by atoms with Gasteiger partial charge in [0.2, 0.25) is 23.5 Å². The molecule has 0 spiro atoms. The number of oxazole rings is 1. The highest BCUT2D eigenvalue weighted by Crippen LogP contribution is 2.22. The summed E-state index contributed by atoms with van der Waals surface area (Å²) < 4.78 is 5.48. The first-order chi connectivity index (χ1) is 26.7. The van der Waals surface area contributed by atoms with Gasteiger partial charge in [0.05, 0.1) is 18.2 Å². The van der Waals surface area contributed by atoms with Crippen LogP contribution in [0.2, 0.25) is 5.02 Å². The summed E-state index contributed by atoms with van der Waals surface area (Å²) in [5, 5.41) is 24.5. The lowest BCUT2D eigenvalue weighted by molar-refractivity contribution is -0.133. The first-order valence-electron chi connectivity index (χ1n) is 18.1. The standard InChI is InChI=1S/C39H48ClN9O7/c1-21(30(20-42)48-36(53)27-12-10-25(11-13-27)26-14-16-28(40)17-15-26)44-32(24(4)50)38(55)46-23(3)35(52)47-29(8-5-6-18-41)37(54)45-22(2)33(51)39-49-34-31(56-39)9-7-19-43-34/h7,9-17,19,22-24,29-30,32,44,50H,1,5-6,8,18,20,41-42H2,2-4H3,(H,45,54)(H,46,55)(H,47,52)(H,48,53)/t22-,23-,24+,29-,30-,32-/m0/s1. The fourth-order valence-electron chi connectivity index (χ4n) is 5.56. The van der Waals surface area contributed by atoms with Crippen LogP contribution in [0.3, 0.4) is 0 Å². The minimum atomic E-state index is -1.31. The molecule has 16 nitrogen and oxygen atoms in total. The number of hydrogen-bond acceptors (Lipinski definition) is 12. The topological polar surface area (TPSA) is 257 Å². The molecule has 0 unspecified atom stereocenters. The van der Waals surface area contributed by atoms with Gasteiger partial charge in [0.1, 0.15) is 18.1 Å². The Hall–Kier alpha value is -5.68. The van der Waals surface area contributed by atoms with E-state index in [9.17, 15) is 29.1 Å². The number of hydrogen-bond donors (Lipinski definition) is 8. The molecule has 10 N–H and O–H groups in total. The zero-order valence-corrected chi connectivity index (χ0v) is 32.1. The number of carbonyl (C=O) groups is 5. The Balaban J connectivity index is 1.34. The number of aromatic nitrogens is 2. The minimum Gasteiger partial charge on any atom is -0.432 e. The van der Waals surface area contributed by atoms with E-state index < -0.39 is 65.7 Å².